The quantitative estimate of drug-likeness (QED) is 0.570. The van der Waals surface area contributed by atoms with Crippen LogP contribution < -0.4 is 28.4 Å². The van der Waals surface area contributed by atoms with Gasteiger partial charge in [0.05, 0.1) is 34.0 Å². The van der Waals surface area contributed by atoms with Crippen molar-refractivity contribution in [3.05, 3.63) is 35.4 Å². The van der Waals surface area contributed by atoms with Gasteiger partial charge in [-0.3, -0.25) is 0 Å². The van der Waals surface area contributed by atoms with Gasteiger partial charge in [0.25, 0.3) is 0 Å². The van der Waals surface area contributed by atoms with E-state index in [0.29, 0.717) is 51.2 Å². The van der Waals surface area contributed by atoms with Gasteiger partial charge in [-0.25, -0.2) is 4.79 Å². The number of carbonyl (C=O) groups is 1. The molecule has 0 aromatic heterocycles. The van der Waals surface area contributed by atoms with Gasteiger partial charge < -0.3 is 33.2 Å². The summed E-state index contributed by atoms with van der Waals surface area (Å²) in [6.07, 6.45) is 0. The predicted molar refractivity (Wildman–Crippen MR) is 111 cm³/mol. The lowest BCUT2D eigenvalue weighted by molar-refractivity contribution is 0.0535. The Balaban J connectivity index is 1.91. The number of benzene rings is 3. The number of hydrogen-bond acceptors (Lipinski definition) is 8. The topological polar surface area (TPSA) is 81.7 Å². The van der Waals surface area contributed by atoms with Crippen LogP contribution in [0.1, 0.15) is 15.9 Å². The molecule has 3 aromatic carbocycles. The van der Waals surface area contributed by atoms with E-state index in [1.807, 2.05) is 12.1 Å². The molecule has 31 heavy (non-hydrogen) atoms. The molecule has 0 fully saturated rings. The van der Waals surface area contributed by atoms with Crippen LogP contribution in [0.3, 0.4) is 0 Å². The molecule has 0 saturated heterocycles. The Labute approximate surface area is 178 Å². The molecule has 0 atom stereocenters. The number of cyclic esters (lactones) is 1. The van der Waals surface area contributed by atoms with Crippen molar-refractivity contribution in [2.75, 3.05) is 35.2 Å². The second-order valence-corrected chi connectivity index (χ2v) is 7.01. The monoisotopic (exact) mass is 424 g/mol. The molecule has 0 saturated carbocycles. The molecular formula is C23H20O8. The molecule has 0 N–H and O–H groups in total. The zero-order valence-corrected chi connectivity index (χ0v) is 17.5. The molecule has 0 radical (unpaired) electrons. The zero-order valence-electron chi connectivity index (χ0n) is 17.5. The Bertz CT molecular complexity index is 1210. The summed E-state index contributed by atoms with van der Waals surface area (Å²) in [6, 6.07) is 7.36. The largest absolute Gasteiger partial charge is 0.493 e. The Morgan fingerprint density at radius 1 is 0.742 bits per heavy atom. The third-order valence-electron chi connectivity index (χ3n) is 5.54. The fourth-order valence-electron chi connectivity index (χ4n) is 4.21. The van der Waals surface area contributed by atoms with Crippen LogP contribution in [-0.2, 0) is 11.3 Å². The van der Waals surface area contributed by atoms with Crippen LogP contribution in [0.15, 0.2) is 24.3 Å². The van der Waals surface area contributed by atoms with Gasteiger partial charge in [0.1, 0.15) is 6.61 Å². The van der Waals surface area contributed by atoms with Crippen molar-refractivity contribution < 1.29 is 38.0 Å². The minimum absolute atomic E-state index is 0.100. The molecule has 0 amide bonds. The molecule has 8 heteroatoms. The molecule has 0 unspecified atom stereocenters. The van der Waals surface area contributed by atoms with Crippen molar-refractivity contribution >= 4 is 16.7 Å². The van der Waals surface area contributed by atoms with E-state index in [1.165, 1.54) is 0 Å². The number of rotatable bonds is 5. The standard InChI is InChI=1S/C23H20O8/c1-25-15-6-11(7-16(26-2)21(15)28-4)18-13-8-17-22(31-10-30-17)20(27-3)14(13)5-12-9-29-23(24)19(12)18/h5-8H,9-10H2,1-4H3. The van der Waals surface area contributed by atoms with Crippen molar-refractivity contribution in [2.24, 2.45) is 0 Å². The van der Waals surface area contributed by atoms with Crippen molar-refractivity contribution in [1.82, 2.24) is 0 Å². The molecule has 2 heterocycles. The van der Waals surface area contributed by atoms with E-state index in [2.05, 4.69) is 0 Å². The molecular weight excluding hydrogens is 404 g/mol. The number of carbonyl (C=O) groups excluding carboxylic acids is 1. The highest BCUT2D eigenvalue weighted by atomic mass is 16.7. The molecule has 3 aromatic rings. The first-order chi connectivity index (χ1) is 15.1. The van der Waals surface area contributed by atoms with Gasteiger partial charge in [0, 0.05) is 16.5 Å². The van der Waals surface area contributed by atoms with Crippen LogP contribution in [0, 0.1) is 0 Å². The van der Waals surface area contributed by atoms with Gasteiger partial charge in [-0.2, -0.15) is 0 Å². The third-order valence-corrected chi connectivity index (χ3v) is 5.54. The average Bonchev–Trinajstić information content (AvgIpc) is 3.41. The second kappa shape index (κ2) is 7.16. The minimum Gasteiger partial charge on any atom is -0.493 e. The number of esters is 1. The fourth-order valence-corrected chi connectivity index (χ4v) is 4.21. The number of hydrogen-bond donors (Lipinski definition) is 0. The van der Waals surface area contributed by atoms with Gasteiger partial charge in [0.15, 0.2) is 23.0 Å². The van der Waals surface area contributed by atoms with Gasteiger partial charge in [0.2, 0.25) is 18.3 Å². The maximum atomic E-state index is 12.7. The SMILES string of the molecule is COc1cc(-c2c3c(cc4c(OC)c5c(cc24)OCO5)COC3=O)cc(OC)c1OC. The lowest BCUT2D eigenvalue weighted by Gasteiger charge is -2.18. The van der Waals surface area contributed by atoms with Crippen LogP contribution in [0.2, 0.25) is 0 Å². The minimum atomic E-state index is -0.391. The first kappa shape index (κ1) is 19.2. The summed E-state index contributed by atoms with van der Waals surface area (Å²) in [4.78, 5) is 12.7. The van der Waals surface area contributed by atoms with Crippen molar-refractivity contribution in [3.63, 3.8) is 0 Å². The Morgan fingerprint density at radius 2 is 1.45 bits per heavy atom. The Hall–Kier alpha value is -3.81. The van der Waals surface area contributed by atoms with Crippen molar-refractivity contribution in [3.8, 4) is 45.6 Å². The first-order valence-corrected chi connectivity index (χ1v) is 9.54. The second-order valence-electron chi connectivity index (χ2n) is 7.01. The van der Waals surface area contributed by atoms with Crippen LogP contribution in [-0.4, -0.2) is 41.2 Å². The summed E-state index contributed by atoms with van der Waals surface area (Å²) in [7, 11) is 6.21. The molecule has 8 nitrogen and oxygen atoms in total. The smallest absolute Gasteiger partial charge is 0.339 e. The summed E-state index contributed by atoms with van der Waals surface area (Å²) in [5.41, 5.74) is 2.63. The van der Waals surface area contributed by atoms with E-state index in [0.717, 1.165) is 16.3 Å². The van der Waals surface area contributed by atoms with Crippen LogP contribution in [0.5, 0.6) is 34.5 Å². The van der Waals surface area contributed by atoms with Crippen LogP contribution in [0.25, 0.3) is 21.9 Å². The van der Waals surface area contributed by atoms with Crippen molar-refractivity contribution in [1.29, 1.82) is 0 Å². The summed E-state index contributed by atoms with van der Waals surface area (Å²) in [6.45, 7) is 0.280. The van der Waals surface area contributed by atoms with E-state index in [-0.39, 0.29) is 13.4 Å². The highest BCUT2D eigenvalue weighted by molar-refractivity contribution is 6.13. The summed E-state index contributed by atoms with van der Waals surface area (Å²) < 4.78 is 38.8. The molecule has 2 aliphatic heterocycles. The molecule has 160 valence electrons. The first-order valence-electron chi connectivity index (χ1n) is 9.54. The van der Waals surface area contributed by atoms with Crippen LogP contribution >= 0.6 is 0 Å². The average molecular weight is 424 g/mol. The summed E-state index contributed by atoms with van der Waals surface area (Å²) in [5.74, 6) is 2.64. The maximum Gasteiger partial charge on any atom is 0.339 e. The van der Waals surface area contributed by atoms with E-state index in [4.69, 9.17) is 33.2 Å². The van der Waals surface area contributed by atoms with E-state index < -0.39 is 5.97 Å². The van der Waals surface area contributed by atoms with Gasteiger partial charge in [-0.1, -0.05) is 0 Å². The summed E-state index contributed by atoms with van der Waals surface area (Å²) in [5, 5.41) is 1.54. The van der Waals surface area contributed by atoms with Gasteiger partial charge in [-0.15, -0.1) is 0 Å². The maximum absolute atomic E-state index is 12.7. The van der Waals surface area contributed by atoms with Gasteiger partial charge in [-0.05, 0) is 35.2 Å². The lowest BCUT2D eigenvalue weighted by Crippen LogP contribution is -2.01. The van der Waals surface area contributed by atoms with Crippen molar-refractivity contribution in [2.45, 2.75) is 6.61 Å². The molecule has 0 spiro atoms. The highest BCUT2D eigenvalue weighted by Gasteiger charge is 2.32. The van der Waals surface area contributed by atoms with Crippen LogP contribution in [0.4, 0.5) is 0 Å². The number of ether oxygens (including phenoxy) is 7. The highest BCUT2D eigenvalue weighted by Crippen LogP contribution is 2.51. The summed E-state index contributed by atoms with van der Waals surface area (Å²) >= 11 is 0. The molecule has 5 rings (SSSR count). The molecule has 0 aliphatic carbocycles. The zero-order chi connectivity index (χ0) is 21.7. The Morgan fingerprint density at radius 3 is 2.10 bits per heavy atom. The van der Waals surface area contributed by atoms with E-state index >= 15 is 0 Å². The molecule has 2 aliphatic rings. The fraction of sp³-hybridized carbons (Fsp3) is 0.261. The number of fused-ring (bicyclic) bond motifs is 3. The number of methoxy groups -OCH3 is 4. The van der Waals surface area contributed by atoms with E-state index in [1.54, 1.807) is 40.6 Å². The lowest BCUT2D eigenvalue weighted by atomic mass is 9.89. The Kier molecular flexibility index (Phi) is 4.43. The predicted octanol–water partition coefficient (Wildman–Crippen LogP) is 3.94. The normalized spacial score (nSPS) is 13.7. The molecule has 0 bridgehead atoms. The third kappa shape index (κ3) is 2.71. The van der Waals surface area contributed by atoms with E-state index in [9.17, 15) is 4.79 Å². The van der Waals surface area contributed by atoms with Gasteiger partial charge >= 0.3 is 5.97 Å².